The monoisotopic (exact) mass is 275 g/mol. The van der Waals surface area contributed by atoms with E-state index in [0.717, 1.165) is 12.8 Å². The van der Waals surface area contributed by atoms with Crippen LogP contribution in [0.15, 0.2) is 24.3 Å². The van der Waals surface area contributed by atoms with Crippen LogP contribution in [-0.4, -0.2) is 28.7 Å². The molecular formula is C14H17N3O3. The Morgan fingerprint density at radius 1 is 1.35 bits per heavy atom. The topological polar surface area (TPSA) is 73.2 Å². The zero-order chi connectivity index (χ0) is 14.5. The number of carbonyl (C=O) groups excluding carboxylic acids is 2. The molecule has 0 aliphatic heterocycles. The van der Waals surface area contributed by atoms with Gasteiger partial charge in [-0.15, -0.1) is 0 Å². The molecule has 0 unspecified atom stereocenters. The lowest BCUT2D eigenvalue weighted by Crippen LogP contribution is -2.19. The molecule has 1 N–H and O–H groups in total. The molecule has 20 heavy (non-hydrogen) atoms. The van der Waals surface area contributed by atoms with Gasteiger partial charge in [-0.1, -0.05) is 25.5 Å². The van der Waals surface area contributed by atoms with Crippen molar-refractivity contribution in [1.82, 2.24) is 9.55 Å². The molecule has 1 aromatic heterocycles. The molecule has 0 fully saturated rings. The van der Waals surface area contributed by atoms with Crippen molar-refractivity contribution in [1.29, 1.82) is 0 Å². The van der Waals surface area contributed by atoms with Gasteiger partial charge in [-0.3, -0.25) is 10.1 Å². The molecule has 0 atom stereocenters. The summed E-state index contributed by atoms with van der Waals surface area (Å²) in [4.78, 5) is 27.9. The number of methoxy groups -OCH3 is 1. The number of anilines is 1. The van der Waals surface area contributed by atoms with Gasteiger partial charge in [0.1, 0.15) is 0 Å². The lowest BCUT2D eigenvalue weighted by molar-refractivity contribution is 0.0907. The van der Waals surface area contributed by atoms with Crippen LogP contribution in [0.2, 0.25) is 0 Å². The van der Waals surface area contributed by atoms with E-state index in [9.17, 15) is 9.59 Å². The minimum absolute atomic E-state index is 0.0908. The molecule has 6 heteroatoms. The highest BCUT2D eigenvalue weighted by Gasteiger charge is 2.18. The van der Waals surface area contributed by atoms with Crippen molar-refractivity contribution in [2.45, 2.75) is 26.2 Å². The number of ether oxygens (including phenoxy) is 1. The molecule has 0 aliphatic rings. The minimum Gasteiger partial charge on any atom is -0.453 e. The first-order valence-electron chi connectivity index (χ1n) is 6.53. The second-order valence-corrected chi connectivity index (χ2v) is 4.37. The normalized spacial score (nSPS) is 10.5. The van der Waals surface area contributed by atoms with Gasteiger partial charge in [0.2, 0.25) is 11.9 Å². The fourth-order valence-corrected chi connectivity index (χ4v) is 1.94. The number of fused-ring (bicyclic) bond motifs is 1. The highest BCUT2D eigenvalue weighted by Crippen LogP contribution is 2.20. The van der Waals surface area contributed by atoms with E-state index in [0.29, 0.717) is 17.5 Å². The molecule has 6 nitrogen and oxygen atoms in total. The van der Waals surface area contributed by atoms with Gasteiger partial charge in [-0.05, 0) is 18.6 Å². The van der Waals surface area contributed by atoms with E-state index >= 15 is 0 Å². The fraction of sp³-hybridized carbons (Fsp3) is 0.357. The van der Waals surface area contributed by atoms with Crippen molar-refractivity contribution in [2.75, 3.05) is 12.4 Å². The van der Waals surface area contributed by atoms with Crippen LogP contribution in [0.3, 0.4) is 0 Å². The van der Waals surface area contributed by atoms with Gasteiger partial charge in [0.25, 0.3) is 0 Å². The van der Waals surface area contributed by atoms with E-state index in [1.807, 2.05) is 19.1 Å². The maximum Gasteiger partial charge on any atom is 0.413 e. The second kappa shape index (κ2) is 6.18. The Morgan fingerprint density at radius 3 is 2.80 bits per heavy atom. The Kier molecular flexibility index (Phi) is 4.34. The van der Waals surface area contributed by atoms with Gasteiger partial charge in [0, 0.05) is 6.42 Å². The zero-order valence-electron chi connectivity index (χ0n) is 11.5. The number of hydrogen-bond donors (Lipinski definition) is 1. The molecule has 0 saturated carbocycles. The molecule has 2 rings (SSSR count). The van der Waals surface area contributed by atoms with Crippen molar-refractivity contribution in [3.05, 3.63) is 24.3 Å². The standard InChI is InChI=1S/C14H17N3O3/c1-3-4-9-12(18)17-11-8-6-5-7-10(11)15-13(17)16-14(19)20-2/h5-8H,3-4,9H2,1-2H3,(H,15,16,19). The summed E-state index contributed by atoms with van der Waals surface area (Å²) in [6, 6.07) is 7.25. The van der Waals surface area contributed by atoms with E-state index in [-0.39, 0.29) is 11.9 Å². The number of nitrogens with zero attached hydrogens (tertiary/aromatic N) is 2. The van der Waals surface area contributed by atoms with E-state index in [2.05, 4.69) is 15.0 Å². The third-order valence-electron chi connectivity index (χ3n) is 2.95. The predicted molar refractivity (Wildman–Crippen MR) is 75.9 cm³/mol. The number of imidazole rings is 1. The van der Waals surface area contributed by atoms with Crippen LogP contribution < -0.4 is 5.32 Å². The second-order valence-electron chi connectivity index (χ2n) is 4.37. The Hall–Kier alpha value is -2.37. The first-order valence-corrected chi connectivity index (χ1v) is 6.53. The average Bonchev–Trinajstić information content (AvgIpc) is 2.82. The first-order chi connectivity index (χ1) is 9.67. The molecule has 0 spiro atoms. The molecule has 106 valence electrons. The molecule has 2 aromatic rings. The number of unbranched alkanes of at least 4 members (excludes halogenated alkanes) is 1. The molecule has 0 aliphatic carbocycles. The van der Waals surface area contributed by atoms with Crippen molar-refractivity contribution in [3.8, 4) is 0 Å². The maximum atomic E-state index is 12.3. The predicted octanol–water partition coefficient (Wildman–Crippen LogP) is 3.05. The Morgan fingerprint density at radius 2 is 2.10 bits per heavy atom. The molecule has 1 amide bonds. The maximum absolute atomic E-state index is 12.3. The van der Waals surface area contributed by atoms with E-state index < -0.39 is 6.09 Å². The largest absolute Gasteiger partial charge is 0.453 e. The number of nitrogens with one attached hydrogen (secondary N) is 1. The van der Waals surface area contributed by atoms with E-state index in [1.54, 1.807) is 12.1 Å². The summed E-state index contributed by atoms with van der Waals surface area (Å²) < 4.78 is 5.98. The van der Waals surface area contributed by atoms with E-state index in [1.165, 1.54) is 11.7 Å². The summed E-state index contributed by atoms with van der Waals surface area (Å²) in [5.74, 6) is 0.103. The summed E-state index contributed by atoms with van der Waals surface area (Å²) in [6.45, 7) is 2.02. The van der Waals surface area contributed by atoms with Crippen LogP contribution in [-0.2, 0) is 4.74 Å². The smallest absolute Gasteiger partial charge is 0.413 e. The summed E-state index contributed by atoms with van der Waals surface area (Å²) in [5, 5.41) is 2.48. The van der Waals surface area contributed by atoms with Crippen molar-refractivity contribution in [2.24, 2.45) is 0 Å². The van der Waals surface area contributed by atoms with Crippen molar-refractivity contribution in [3.63, 3.8) is 0 Å². The lowest BCUT2D eigenvalue weighted by atomic mass is 10.2. The molecule has 1 aromatic carbocycles. The molecule has 1 heterocycles. The highest BCUT2D eigenvalue weighted by atomic mass is 16.5. The summed E-state index contributed by atoms with van der Waals surface area (Å²) in [6.07, 6.45) is 1.48. The van der Waals surface area contributed by atoms with Crippen LogP contribution in [0.25, 0.3) is 11.0 Å². The highest BCUT2D eigenvalue weighted by molar-refractivity contribution is 5.96. The van der Waals surface area contributed by atoms with Crippen LogP contribution in [0, 0.1) is 0 Å². The minimum atomic E-state index is -0.648. The number of rotatable bonds is 4. The number of amides is 1. The lowest BCUT2D eigenvalue weighted by Gasteiger charge is -2.07. The zero-order valence-corrected chi connectivity index (χ0v) is 11.5. The third-order valence-corrected chi connectivity index (χ3v) is 2.95. The molecule has 0 saturated heterocycles. The van der Waals surface area contributed by atoms with Gasteiger partial charge < -0.3 is 4.74 Å². The Bertz CT molecular complexity index is 634. The van der Waals surface area contributed by atoms with Gasteiger partial charge in [-0.25, -0.2) is 14.3 Å². The SMILES string of the molecule is CCCCC(=O)n1c(NC(=O)OC)nc2ccccc21. The van der Waals surface area contributed by atoms with Crippen molar-refractivity contribution >= 4 is 29.0 Å². The number of benzene rings is 1. The molecule has 0 bridgehead atoms. The fourth-order valence-electron chi connectivity index (χ4n) is 1.94. The summed E-state index contributed by atoms with van der Waals surface area (Å²) >= 11 is 0. The number of hydrogen-bond acceptors (Lipinski definition) is 4. The van der Waals surface area contributed by atoms with Gasteiger partial charge in [-0.2, -0.15) is 0 Å². The summed E-state index contributed by atoms with van der Waals surface area (Å²) in [5.41, 5.74) is 1.34. The van der Waals surface area contributed by atoms with Gasteiger partial charge in [0.05, 0.1) is 18.1 Å². The third kappa shape index (κ3) is 2.79. The van der Waals surface area contributed by atoms with Crippen LogP contribution in [0.4, 0.5) is 10.7 Å². The quantitative estimate of drug-likeness (QED) is 0.930. The molecular weight excluding hydrogens is 258 g/mol. The number of carbonyl (C=O) groups is 2. The number of para-hydroxylation sites is 2. The van der Waals surface area contributed by atoms with Crippen LogP contribution in [0.5, 0.6) is 0 Å². The molecule has 0 radical (unpaired) electrons. The first kappa shape index (κ1) is 14.0. The Balaban J connectivity index is 2.44. The summed E-state index contributed by atoms with van der Waals surface area (Å²) in [7, 11) is 1.27. The average molecular weight is 275 g/mol. The van der Waals surface area contributed by atoms with Crippen LogP contribution in [0.1, 0.15) is 31.0 Å². The van der Waals surface area contributed by atoms with E-state index in [4.69, 9.17) is 0 Å². The van der Waals surface area contributed by atoms with Crippen LogP contribution >= 0.6 is 0 Å². The van der Waals surface area contributed by atoms with Gasteiger partial charge >= 0.3 is 6.09 Å². The number of aromatic nitrogens is 2. The van der Waals surface area contributed by atoms with Crippen molar-refractivity contribution < 1.29 is 14.3 Å². The van der Waals surface area contributed by atoms with Gasteiger partial charge in [0.15, 0.2) is 0 Å². The Labute approximate surface area is 116 Å².